The predicted molar refractivity (Wildman–Crippen MR) is 315 cm³/mol. The van der Waals surface area contributed by atoms with Crippen molar-refractivity contribution >= 4 is 11.9 Å². The van der Waals surface area contributed by atoms with Crippen LogP contribution in [0.5, 0.6) is 0 Å². The third-order valence-electron chi connectivity index (χ3n) is 14.9. The number of hydrogen-bond donors (Lipinski definition) is 6. The van der Waals surface area contributed by atoms with Gasteiger partial charge in [-0.3, -0.25) is 9.59 Å². The zero-order chi connectivity index (χ0) is 55.2. The molecule has 7 atom stereocenters. The highest BCUT2D eigenvalue weighted by Gasteiger charge is 2.44. The molecule has 1 rings (SSSR count). The highest BCUT2D eigenvalue weighted by atomic mass is 16.7. The standard InChI is InChI=1S/C65H119NO10/c1-3-5-7-9-11-13-14-15-26-30-33-37-41-45-49-53-61(70)74-54-50-46-42-38-34-31-28-25-23-21-19-17-16-18-20-22-24-27-29-32-36-40-44-48-52-60(69)66-57(58(68)51-47-43-39-35-12-10-8-6-4-2)56-75-65-64(73)63(72)62(71)59(55-67)76-65/h12,15,18,20,26,35,47,51,57-59,62-65,67-68,71-73H,3-11,13-14,16-17,19,21-25,27-34,36-46,48-50,52-56H2,1-2H3,(H,66,69)/b20-18-,26-15-,35-12+,51-47+. The number of ether oxygens (including phenoxy) is 3. The summed E-state index contributed by atoms with van der Waals surface area (Å²) >= 11 is 0. The van der Waals surface area contributed by atoms with Crippen molar-refractivity contribution in [3.05, 3.63) is 48.6 Å². The topological polar surface area (TPSA) is 175 Å². The van der Waals surface area contributed by atoms with Crippen LogP contribution < -0.4 is 5.32 Å². The van der Waals surface area contributed by atoms with E-state index in [1.165, 1.54) is 193 Å². The Morgan fingerprint density at radius 3 is 1.33 bits per heavy atom. The van der Waals surface area contributed by atoms with E-state index >= 15 is 0 Å². The molecule has 1 aliphatic rings. The van der Waals surface area contributed by atoms with E-state index in [9.17, 15) is 35.1 Å². The molecule has 0 radical (unpaired) electrons. The van der Waals surface area contributed by atoms with Gasteiger partial charge in [-0.1, -0.05) is 229 Å². The minimum atomic E-state index is -1.58. The van der Waals surface area contributed by atoms with Crippen molar-refractivity contribution < 1.29 is 49.3 Å². The lowest BCUT2D eigenvalue weighted by Crippen LogP contribution is -2.60. The Bertz CT molecular complexity index is 1400. The number of rotatable bonds is 55. The number of amides is 1. The van der Waals surface area contributed by atoms with Crippen molar-refractivity contribution in [1.82, 2.24) is 5.32 Å². The molecule has 0 aliphatic carbocycles. The average Bonchev–Trinajstić information content (AvgIpc) is 3.42. The molecule has 11 heteroatoms. The fraction of sp³-hybridized carbons (Fsp3) is 0.846. The number of esters is 1. The van der Waals surface area contributed by atoms with Crippen LogP contribution in [-0.4, -0.2) is 100 Å². The lowest BCUT2D eigenvalue weighted by molar-refractivity contribution is -0.302. The third kappa shape index (κ3) is 43.5. The maximum Gasteiger partial charge on any atom is 0.305 e. The molecule has 76 heavy (non-hydrogen) atoms. The van der Waals surface area contributed by atoms with Gasteiger partial charge in [-0.05, 0) is 96.3 Å². The van der Waals surface area contributed by atoms with Gasteiger partial charge in [-0.2, -0.15) is 0 Å². The van der Waals surface area contributed by atoms with Crippen molar-refractivity contribution in [2.24, 2.45) is 0 Å². The summed E-state index contributed by atoms with van der Waals surface area (Å²) in [6.45, 7) is 4.27. The summed E-state index contributed by atoms with van der Waals surface area (Å²) in [5.41, 5.74) is 0. The van der Waals surface area contributed by atoms with Crippen molar-refractivity contribution in [2.45, 2.75) is 333 Å². The van der Waals surface area contributed by atoms with E-state index < -0.39 is 49.5 Å². The Morgan fingerprint density at radius 1 is 0.474 bits per heavy atom. The first-order valence-electron chi connectivity index (χ1n) is 31.9. The van der Waals surface area contributed by atoms with Gasteiger partial charge in [0, 0.05) is 12.8 Å². The van der Waals surface area contributed by atoms with Crippen LogP contribution in [0.1, 0.15) is 290 Å². The molecule has 1 fully saturated rings. The van der Waals surface area contributed by atoms with E-state index in [4.69, 9.17) is 14.2 Å². The quantitative estimate of drug-likeness (QED) is 0.0195. The van der Waals surface area contributed by atoms with E-state index in [1.54, 1.807) is 6.08 Å². The highest BCUT2D eigenvalue weighted by molar-refractivity contribution is 5.76. The molecule has 1 aliphatic heterocycles. The minimum absolute atomic E-state index is 0.00736. The Kier molecular flexibility index (Phi) is 51.4. The third-order valence-corrected chi connectivity index (χ3v) is 14.9. The number of aliphatic hydroxyl groups is 5. The smallest absolute Gasteiger partial charge is 0.305 e. The van der Waals surface area contributed by atoms with Crippen LogP contribution in [0.3, 0.4) is 0 Å². The second kappa shape index (κ2) is 54.6. The van der Waals surface area contributed by atoms with Crippen LogP contribution >= 0.6 is 0 Å². The van der Waals surface area contributed by atoms with E-state index in [0.717, 1.165) is 70.6 Å². The molecule has 1 saturated heterocycles. The monoisotopic (exact) mass is 1070 g/mol. The van der Waals surface area contributed by atoms with Crippen molar-refractivity contribution in [1.29, 1.82) is 0 Å². The molecule has 0 aromatic heterocycles. The zero-order valence-corrected chi connectivity index (χ0v) is 49.0. The van der Waals surface area contributed by atoms with Crippen LogP contribution in [0.15, 0.2) is 48.6 Å². The summed E-state index contributed by atoms with van der Waals surface area (Å²) in [6, 6.07) is -0.830. The van der Waals surface area contributed by atoms with Crippen molar-refractivity contribution in [3.63, 3.8) is 0 Å². The first-order valence-corrected chi connectivity index (χ1v) is 31.9. The van der Waals surface area contributed by atoms with Crippen molar-refractivity contribution in [2.75, 3.05) is 19.8 Å². The molecule has 11 nitrogen and oxygen atoms in total. The van der Waals surface area contributed by atoms with Gasteiger partial charge in [-0.15, -0.1) is 0 Å². The Labute approximate surface area is 466 Å². The number of carbonyl (C=O) groups excluding carboxylic acids is 2. The molecular weight excluding hydrogens is 955 g/mol. The van der Waals surface area contributed by atoms with Gasteiger partial charge in [0.2, 0.25) is 5.91 Å². The largest absolute Gasteiger partial charge is 0.466 e. The Balaban J connectivity index is 1.98. The number of unbranched alkanes of at least 4 members (excludes halogenated alkanes) is 35. The molecule has 1 amide bonds. The van der Waals surface area contributed by atoms with E-state index in [-0.39, 0.29) is 18.5 Å². The SMILES string of the molecule is CCCCC/C=C/CC/C=C/C(O)C(COC1OC(CO)C(O)C(O)C1O)NC(=O)CCCCCCCCCC/C=C\CCCCCCCCCCCCCCOC(=O)CCCCCCC/C=C\CCCCCCCC. The maximum absolute atomic E-state index is 13.0. The first kappa shape index (κ1) is 71.6. The number of allylic oxidation sites excluding steroid dienone is 7. The molecule has 6 N–H and O–H groups in total. The summed E-state index contributed by atoms with van der Waals surface area (Å²) in [5, 5.41) is 54.2. The van der Waals surface area contributed by atoms with Crippen molar-refractivity contribution in [3.8, 4) is 0 Å². The molecule has 444 valence electrons. The van der Waals surface area contributed by atoms with Crippen LogP contribution in [0, 0.1) is 0 Å². The average molecular weight is 1070 g/mol. The lowest BCUT2D eigenvalue weighted by atomic mass is 9.99. The molecule has 0 bridgehead atoms. The number of nitrogens with one attached hydrogen (secondary N) is 1. The molecule has 1 heterocycles. The molecule has 0 aromatic rings. The summed E-state index contributed by atoms with van der Waals surface area (Å²) in [5.74, 6) is -0.207. The van der Waals surface area contributed by atoms with Gasteiger partial charge in [-0.25, -0.2) is 0 Å². The molecular formula is C65H119NO10. The fourth-order valence-corrected chi connectivity index (χ4v) is 9.79. The second-order valence-electron chi connectivity index (χ2n) is 22.1. The van der Waals surface area contributed by atoms with Crippen LogP contribution in [0.25, 0.3) is 0 Å². The molecule has 0 aromatic carbocycles. The molecule has 0 spiro atoms. The van der Waals surface area contributed by atoms with Gasteiger partial charge < -0.3 is 45.1 Å². The maximum atomic E-state index is 13.0. The Morgan fingerprint density at radius 2 is 0.855 bits per heavy atom. The van der Waals surface area contributed by atoms with Crippen LogP contribution in [0.4, 0.5) is 0 Å². The predicted octanol–water partition coefficient (Wildman–Crippen LogP) is 15.2. The van der Waals surface area contributed by atoms with Gasteiger partial charge >= 0.3 is 5.97 Å². The summed E-state index contributed by atoms with van der Waals surface area (Å²) in [4.78, 5) is 25.1. The number of aliphatic hydroxyl groups excluding tert-OH is 5. The van der Waals surface area contributed by atoms with Gasteiger partial charge in [0.05, 0.1) is 32.0 Å². The van der Waals surface area contributed by atoms with Crippen LogP contribution in [0.2, 0.25) is 0 Å². The van der Waals surface area contributed by atoms with Crippen LogP contribution in [-0.2, 0) is 23.8 Å². The lowest BCUT2D eigenvalue weighted by Gasteiger charge is -2.40. The normalized spacial score (nSPS) is 19.0. The highest BCUT2D eigenvalue weighted by Crippen LogP contribution is 2.23. The van der Waals surface area contributed by atoms with Gasteiger partial charge in [0.15, 0.2) is 6.29 Å². The number of carbonyl (C=O) groups is 2. The van der Waals surface area contributed by atoms with Gasteiger partial charge in [0.25, 0.3) is 0 Å². The minimum Gasteiger partial charge on any atom is -0.466 e. The summed E-state index contributed by atoms with van der Waals surface area (Å²) in [6.07, 6.45) is 59.5. The summed E-state index contributed by atoms with van der Waals surface area (Å²) in [7, 11) is 0. The van der Waals surface area contributed by atoms with E-state index in [2.05, 4.69) is 55.6 Å². The van der Waals surface area contributed by atoms with E-state index in [1.807, 2.05) is 6.08 Å². The van der Waals surface area contributed by atoms with Gasteiger partial charge in [0.1, 0.15) is 24.4 Å². The fourth-order valence-electron chi connectivity index (χ4n) is 9.79. The number of hydrogen-bond acceptors (Lipinski definition) is 10. The molecule has 0 saturated carbocycles. The Hall–Kier alpha value is -2.38. The summed E-state index contributed by atoms with van der Waals surface area (Å²) < 4.78 is 16.7. The molecule has 7 unspecified atom stereocenters. The zero-order valence-electron chi connectivity index (χ0n) is 49.0. The second-order valence-corrected chi connectivity index (χ2v) is 22.1. The first-order chi connectivity index (χ1) is 37.2. The van der Waals surface area contributed by atoms with E-state index in [0.29, 0.717) is 19.4 Å².